The van der Waals surface area contributed by atoms with E-state index >= 15 is 0 Å². The number of hydrogen-bond acceptors (Lipinski definition) is 5. The van der Waals surface area contributed by atoms with Gasteiger partial charge in [0, 0.05) is 13.1 Å². The van der Waals surface area contributed by atoms with Gasteiger partial charge in [0.1, 0.15) is 18.5 Å². The van der Waals surface area contributed by atoms with Gasteiger partial charge < -0.3 is 19.7 Å². The molecule has 0 saturated heterocycles. The summed E-state index contributed by atoms with van der Waals surface area (Å²) in [5.74, 6) is 0.145. The van der Waals surface area contributed by atoms with Crippen molar-refractivity contribution in [2.45, 2.75) is 43.6 Å². The van der Waals surface area contributed by atoms with Crippen molar-refractivity contribution in [3.63, 3.8) is 0 Å². The van der Waals surface area contributed by atoms with Gasteiger partial charge in [0.25, 0.3) is 5.91 Å². The average Bonchev–Trinajstić information content (AvgIpc) is 3.23. The highest BCUT2D eigenvalue weighted by Gasteiger charge is 2.36. The molecule has 2 heterocycles. The first-order valence-electron chi connectivity index (χ1n) is 11.2. The van der Waals surface area contributed by atoms with E-state index in [1.807, 2.05) is 24.3 Å². The third-order valence-corrected chi connectivity index (χ3v) is 6.57. The fourth-order valence-electron chi connectivity index (χ4n) is 4.86. The van der Waals surface area contributed by atoms with Crippen LogP contribution in [0.5, 0.6) is 5.75 Å². The maximum absolute atomic E-state index is 13.0. The standard InChI is InChI=1S/C26H25N3O4/c1-29-22-8-7-20(13-25(30)28-19-11-17-4-2-3-5-18(17)12-19)33-24(22)15-32-23-9-6-16(14-27)10-21(23)26(29)31/h2-10,19-20,22,24H,11-13,15H2,1H3,(H,28,30)/t20-,22-,24-/m0/s1. The molecule has 5 rings (SSSR count). The van der Waals surface area contributed by atoms with E-state index in [0.29, 0.717) is 16.9 Å². The highest BCUT2D eigenvalue weighted by atomic mass is 16.5. The van der Waals surface area contributed by atoms with E-state index in [9.17, 15) is 9.59 Å². The molecule has 7 heteroatoms. The summed E-state index contributed by atoms with van der Waals surface area (Å²) in [6, 6.07) is 14.9. The molecule has 0 fully saturated rings. The molecule has 7 nitrogen and oxygen atoms in total. The van der Waals surface area contributed by atoms with Crippen LogP contribution >= 0.6 is 0 Å². The molecule has 1 N–H and O–H groups in total. The maximum atomic E-state index is 13.0. The zero-order valence-corrected chi connectivity index (χ0v) is 18.4. The molecule has 0 unspecified atom stereocenters. The van der Waals surface area contributed by atoms with E-state index in [4.69, 9.17) is 14.7 Å². The van der Waals surface area contributed by atoms with E-state index in [2.05, 4.69) is 23.5 Å². The van der Waals surface area contributed by atoms with Gasteiger partial charge in [0.15, 0.2) is 0 Å². The van der Waals surface area contributed by atoms with Crippen molar-refractivity contribution in [3.8, 4) is 11.8 Å². The second-order valence-electron chi connectivity index (χ2n) is 8.78. The Morgan fingerprint density at radius 3 is 2.67 bits per heavy atom. The van der Waals surface area contributed by atoms with Gasteiger partial charge in [-0.25, -0.2) is 0 Å². The Kier molecular flexibility index (Phi) is 5.61. The quantitative estimate of drug-likeness (QED) is 0.736. The van der Waals surface area contributed by atoms with Gasteiger partial charge in [-0.1, -0.05) is 36.4 Å². The van der Waals surface area contributed by atoms with Crippen LogP contribution in [0.1, 0.15) is 33.5 Å². The van der Waals surface area contributed by atoms with Crippen molar-refractivity contribution in [2.75, 3.05) is 13.7 Å². The van der Waals surface area contributed by atoms with Crippen molar-refractivity contribution < 1.29 is 19.1 Å². The zero-order valence-electron chi connectivity index (χ0n) is 18.4. The first kappa shape index (κ1) is 21.2. The second-order valence-corrected chi connectivity index (χ2v) is 8.78. The van der Waals surface area contributed by atoms with Crippen LogP contribution in [0, 0.1) is 11.3 Å². The molecule has 0 saturated carbocycles. The van der Waals surface area contributed by atoms with Crippen molar-refractivity contribution in [1.82, 2.24) is 10.2 Å². The minimum absolute atomic E-state index is 0.0496. The number of nitriles is 1. The smallest absolute Gasteiger partial charge is 0.257 e. The number of amides is 2. The predicted molar refractivity (Wildman–Crippen MR) is 121 cm³/mol. The van der Waals surface area contributed by atoms with Crippen LogP contribution < -0.4 is 10.1 Å². The van der Waals surface area contributed by atoms with Crippen LogP contribution in [0.15, 0.2) is 54.6 Å². The van der Waals surface area contributed by atoms with Crippen molar-refractivity contribution in [1.29, 1.82) is 5.26 Å². The Bertz CT molecular complexity index is 1140. The van der Waals surface area contributed by atoms with Gasteiger partial charge in [-0.15, -0.1) is 0 Å². The molecule has 2 amide bonds. The first-order valence-corrected chi connectivity index (χ1v) is 11.2. The highest BCUT2D eigenvalue weighted by molar-refractivity contribution is 5.97. The summed E-state index contributed by atoms with van der Waals surface area (Å²) in [6.45, 7) is 0.238. The summed E-state index contributed by atoms with van der Waals surface area (Å²) >= 11 is 0. The summed E-state index contributed by atoms with van der Waals surface area (Å²) in [4.78, 5) is 27.3. The average molecular weight is 444 g/mol. The third kappa shape index (κ3) is 4.22. The zero-order chi connectivity index (χ0) is 22.9. The summed E-state index contributed by atoms with van der Waals surface area (Å²) < 4.78 is 12.1. The Balaban J connectivity index is 1.24. The fourth-order valence-corrected chi connectivity index (χ4v) is 4.86. The fraction of sp³-hybridized carbons (Fsp3) is 0.346. The number of carbonyl (C=O) groups excluding carboxylic acids is 2. The lowest BCUT2D eigenvalue weighted by atomic mass is 10.0. The largest absolute Gasteiger partial charge is 0.490 e. The lowest BCUT2D eigenvalue weighted by molar-refractivity contribution is -0.126. The molecule has 0 spiro atoms. The molecular weight excluding hydrogens is 418 g/mol. The van der Waals surface area contributed by atoms with Crippen LogP contribution in [0.25, 0.3) is 0 Å². The lowest BCUT2D eigenvalue weighted by Gasteiger charge is -2.39. The minimum Gasteiger partial charge on any atom is -0.490 e. The molecule has 1 aliphatic carbocycles. The highest BCUT2D eigenvalue weighted by Crippen LogP contribution is 2.29. The summed E-state index contributed by atoms with van der Waals surface area (Å²) in [5.41, 5.74) is 3.35. The van der Waals surface area contributed by atoms with Gasteiger partial charge in [-0.2, -0.15) is 5.26 Å². The topological polar surface area (TPSA) is 91.7 Å². The molecule has 2 aromatic rings. The number of rotatable bonds is 3. The summed E-state index contributed by atoms with van der Waals surface area (Å²) in [7, 11) is 1.71. The van der Waals surface area contributed by atoms with Gasteiger partial charge >= 0.3 is 0 Å². The van der Waals surface area contributed by atoms with E-state index < -0.39 is 6.10 Å². The summed E-state index contributed by atoms with van der Waals surface area (Å²) in [5, 5.41) is 12.3. The third-order valence-electron chi connectivity index (χ3n) is 6.57. The van der Waals surface area contributed by atoms with Crippen LogP contribution in [-0.4, -0.2) is 54.7 Å². The molecule has 0 radical (unpaired) electrons. The van der Waals surface area contributed by atoms with Crippen molar-refractivity contribution >= 4 is 11.8 Å². The maximum Gasteiger partial charge on any atom is 0.257 e. The van der Waals surface area contributed by atoms with Gasteiger partial charge in [0.2, 0.25) is 5.91 Å². The van der Waals surface area contributed by atoms with Crippen LogP contribution in [-0.2, 0) is 22.4 Å². The monoisotopic (exact) mass is 443 g/mol. The number of hydrogen-bond donors (Lipinski definition) is 1. The molecule has 3 atom stereocenters. The number of benzene rings is 2. The van der Waals surface area contributed by atoms with Crippen LogP contribution in [0.3, 0.4) is 0 Å². The van der Waals surface area contributed by atoms with E-state index in [-0.39, 0.29) is 43.0 Å². The van der Waals surface area contributed by atoms with Gasteiger partial charge in [-0.05, 0) is 42.2 Å². The van der Waals surface area contributed by atoms with E-state index in [1.165, 1.54) is 11.1 Å². The van der Waals surface area contributed by atoms with E-state index in [1.54, 1.807) is 30.1 Å². The SMILES string of the molecule is CN1C(=O)c2cc(C#N)ccc2OC[C@@H]2O[C@H](CC(=O)NC3Cc4ccccc4C3)C=C[C@@H]21. The van der Waals surface area contributed by atoms with Crippen LogP contribution in [0.2, 0.25) is 0 Å². The lowest BCUT2D eigenvalue weighted by Crippen LogP contribution is -2.52. The number of nitrogens with one attached hydrogen (secondary N) is 1. The second kappa shape index (κ2) is 8.72. The van der Waals surface area contributed by atoms with E-state index in [0.717, 1.165) is 12.8 Å². The number of nitrogens with zero attached hydrogens (tertiary/aromatic N) is 2. The minimum atomic E-state index is -0.402. The Morgan fingerprint density at radius 1 is 1.18 bits per heavy atom. The summed E-state index contributed by atoms with van der Waals surface area (Å²) in [6.07, 6.45) is 4.89. The molecule has 3 aliphatic rings. The Labute approximate surface area is 192 Å². The van der Waals surface area contributed by atoms with Crippen molar-refractivity contribution in [3.05, 3.63) is 76.9 Å². The molecule has 2 aliphatic heterocycles. The number of likely N-dealkylation sites (N-methyl/N-ethyl adjacent to an activating group) is 1. The van der Waals surface area contributed by atoms with Crippen LogP contribution in [0.4, 0.5) is 0 Å². The number of fused-ring (bicyclic) bond motifs is 3. The number of carbonyl (C=O) groups is 2. The molecular formula is C26H25N3O4. The normalized spacial score (nSPS) is 23.9. The van der Waals surface area contributed by atoms with Crippen molar-refractivity contribution in [2.24, 2.45) is 0 Å². The predicted octanol–water partition coefficient (Wildman–Crippen LogP) is 2.39. The Hall–Kier alpha value is -3.63. The van der Waals surface area contributed by atoms with Gasteiger partial charge in [0.05, 0.1) is 35.8 Å². The molecule has 0 bridgehead atoms. The molecule has 168 valence electrons. The van der Waals surface area contributed by atoms with Gasteiger partial charge in [-0.3, -0.25) is 9.59 Å². The first-order chi connectivity index (χ1) is 16.0. The molecule has 33 heavy (non-hydrogen) atoms. The Morgan fingerprint density at radius 2 is 1.94 bits per heavy atom. The number of ether oxygens (including phenoxy) is 2. The molecule has 2 aromatic carbocycles. The molecule has 0 aromatic heterocycles.